The molecule has 0 spiro atoms. The summed E-state index contributed by atoms with van der Waals surface area (Å²) in [5, 5.41) is 9.62. The molecule has 2 amide bonds. The number of aliphatic imine (C=N–C) groups is 1. The van der Waals surface area contributed by atoms with E-state index in [0.717, 1.165) is 6.07 Å². The minimum atomic E-state index is -4.58. The number of hydrogen-bond donors (Lipinski definition) is 5. The third-order valence-electron chi connectivity index (χ3n) is 9.91. The normalized spacial score (nSPS) is 17.9. The van der Waals surface area contributed by atoms with Crippen LogP contribution in [0.5, 0.6) is 0 Å². The van der Waals surface area contributed by atoms with E-state index in [1.165, 1.54) is 24.3 Å². The Morgan fingerprint density at radius 1 is 1.15 bits per heavy atom. The number of nitrogens with one attached hydrogen (secondary N) is 4. The van der Waals surface area contributed by atoms with Crippen LogP contribution in [0.25, 0.3) is 10.9 Å². The van der Waals surface area contributed by atoms with Crippen LogP contribution in [-0.2, 0) is 41.6 Å². The fourth-order valence-electron chi connectivity index (χ4n) is 6.68. The Hall–Kier alpha value is -5.14. The molecule has 0 saturated carbocycles. The Morgan fingerprint density at radius 2 is 1.92 bits per heavy atom. The number of nitrogens with zero attached hydrogens (tertiary/aromatic N) is 3. The lowest BCUT2D eigenvalue weighted by atomic mass is 9.78. The second kappa shape index (κ2) is 16.0. The number of H-pyrrole nitrogens is 1. The van der Waals surface area contributed by atoms with E-state index in [4.69, 9.17) is 5.73 Å². The lowest BCUT2D eigenvalue weighted by Crippen LogP contribution is -2.64. The molecular formula is C38H46F4N8O2. The molecule has 2 aromatic heterocycles. The number of alkyl halides is 3. The highest BCUT2D eigenvalue weighted by Crippen LogP contribution is 2.40. The van der Waals surface area contributed by atoms with Gasteiger partial charge in [0, 0.05) is 48.7 Å². The summed E-state index contributed by atoms with van der Waals surface area (Å²) < 4.78 is 58.2. The quantitative estimate of drug-likeness (QED) is 0.0472. The molecule has 5 rings (SSSR count). The number of carbonyl (C=O) groups is 2. The zero-order valence-electron chi connectivity index (χ0n) is 29.6. The van der Waals surface area contributed by atoms with E-state index >= 15 is 0 Å². The Labute approximate surface area is 300 Å². The summed E-state index contributed by atoms with van der Waals surface area (Å²) in [6.45, 7) is 10.9. The van der Waals surface area contributed by atoms with Gasteiger partial charge in [-0.05, 0) is 55.4 Å². The molecule has 278 valence electrons. The average Bonchev–Trinajstić information content (AvgIpc) is 3.76. The van der Waals surface area contributed by atoms with Gasteiger partial charge < -0.3 is 31.2 Å². The second-order valence-electron chi connectivity index (χ2n) is 13.6. The highest BCUT2D eigenvalue weighted by atomic mass is 19.4. The number of aromatic amines is 1. The van der Waals surface area contributed by atoms with Gasteiger partial charge in [-0.2, -0.15) is 13.2 Å². The summed E-state index contributed by atoms with van der Waals surface area (Å²) >= 11 is 0. The number of imidazole rings is 1. The summed E-state index contributed by atoms with van der Waals surface area (Å²) in [6, 6.07) is 8.67. The number of benzene rings is 2. The maximum Gasteiger partial charge on any atom is 0.418 e. The molecule has 52 heavy (non-hydrogen) atoms. The molecule has 14 heteroatoms. The molecule has 0 fully saturated rings. The number of aryl methyl sites for hydroxylation is 2. The standard InChI is InChI=1S/C38H46F4N8O2/c1-5-23(2)33(35(43)45-16-9-18-50-19-17-44-22-50)48-36(52)37(49-25(4)24(3)46-32(51)20-26-10-6-7-13-30(26)39)15-14-31-28(21-37)27-11-8-12-29(34(27)47-31)38(40,41)42/h6-8,10-13,17,19,22-24,33,47,49H,4-5,9,14-16,18,20-21H2,1-3H3,(H2,43,45)(H,46,51)(H,48,52)/t23?,24-,33?,37+/m0/s1. The molecule has 0 aliphatic heterocycles. The van der Waals surface area contributed by atoms with Crippen molar-refractivity contribution >= 4 is 28.6 Å². The first kappa shape index (κ1) is 38.1. The van der Waals surface area contributed by atoms with Crippen LogP contribution in [-0.4, -0.2) is 56.4 Å². The van der Waals surface area contributed by atoms with Crippen molar-refractivity contribution in [1.29, 1.82) is 0 Å². The van der Waals surface area contributed by atoms with Crippen molar-refractivity contribution in [1.82, 2.24) is 30.5 Å². The minimum absolute atomic E-state index is 0.0274. The van der Waals surface area contributed by atoms with Gasteiger partial charge in [0.2, 0.25) is 11.8 Å². The molecule has 4 atom stereocenters. The Kier molecular flexibility index (Phi) is 11.8. The number of amides is 2. The number of carbonyl (C=O) groups excluding carboxylic acids is 2. The van der Waals surface area contributed by atoms with Crippen LogP contribution >= 0.6 is 0 Å². The molecule has 1 aliphatic carbocycles. The molecule has 2 heterocycles. The first-order chi connectivity index (χ1) is 24.7. The molecule has 4 aromatic rings. The van der Waals surface area contributed by atoms with Crippen molar-refractivity contribution < 1.29 is 27.2 Å². The SMILES string of the molecule is C=C(N[C@]1(C(=O)NC(C(N)=NCCCn2ccnc2)C(C)CC)CCc2[nH]c3c(C(F)(F)F)cccc3c2C1)[C@H](C)NC(=O)Cc1ccccc1F. The molecular weight excluding hydrogens is 676 g/mol. The topological polar surface area (TPSA) is 142 Å². The Balaban J connectivity index is 1.42. The van der Waals surface area contributed by atoms with E-state index in [1.54, 1.807) is 31.6 Å². The van der Waals surface area contributed by atoms with Crippen LogP contribution in [0, 0.1) is 11.7 Å². The second-order valence-corrected chi connectivity index (χ2v) is 13.6. The molecule has 6 N–H and O–H groups in total. The van der Waals surface area contributed by atoms with Crippen LogP contribution in [0.3, 0.4) is 0 Å². The van der Waals surface area contributed by atoms with Crippen molar-refractivity contribution in [2.45, 2.75) is 89.6 Å². The van der Waals surface area contributed by atoms with Gasteiger partial charge in [-0.25, -0.2) is 9.37 Å². The highest BCUT2D eigenvalue weighted by Gasteiger charge is 2.45. The number of aromatic nitrogens is 3. The monoisotopic (exact) mass is 722 g/mol. The van der Waals surface area contributed by atoms with Gasteiger partial charge in [0.1, 0.15) is 17.2 Å². The Morgan fingerprint density at radius 3 is 2.62 bits per heavy atom. The van der Waals surface area contributed by atoms with Gasteiger partial charge in [-0.1, -0.05) is 57.2 Å². The predicted molar refractivity (Wildman–Crippen MR) is 193 cm³/mol. The minimum Gasteiger partial charge on any atom is -0.386 e. The summed E-state index contributed by atoms with van der Waals surface area (Å²) in [7, 11) is 0. The summed E-state index contributed by atoms with van der Waals surface area (Å²) in [5.74, 6) is -1.20. The van der Waals surface area contributed by atoms with Crippen LogP contribution in [0.4, 0.5) is 17.6 Å². The number of halogens is 4. The molecule has 2 aromatic carbocycles. The first-order valence-corrected chi connectivity index (χ1v) is 17.5. The molecule has 2 unspecified atom stereocenters. The number of hydrogen-bond acceptors (Lipinski definition) is 5. The van der Waals surface area contributed by atoms with Crippen LogP contribution in [0.15, 0.2) is 78.5 Å². The van der Waals surface area contributed by atoms with E-state index in [0.29, 0.717) is 48.3 Å². The van der Waals surface area contributed by atoms with Gasteiger partial charge in [0.15, 0.2) is 0 Å². The largest absolute Gasteiger partial charge is 0.418 e. The summed E-state index contributed by atoms with van der Waals surface area (Å²) in [4.78, 5) is 39.2. The van der Waals surface area contributed by atoms with Crippen molar-refractivity contribution in [2.75, 3.05) is 6.54 Å². The van der Waals surface area contributed by atoms with Crippen molar-refractivity contribution in [2.24, 2.45) is 16.6 Å². The lowest BCUT2D eigenvalue weighted by molar-refractivity contribution is -0.136. The third kappa shape index (κ3) is 8.65. The lowest BCUT2D eigenvalue weighted by Gasteiger charge is -2.40. The van der Waals surface area contributed by atoms with Gasteiger partial charge in [-0.3, -0.25) is 14.6 Å². The van der Waals surface area contributed by atoms with E-state index in [1.807, 2.05) is 24.6 Å². The van der Waals surface area contributed by atoms with E-state index in [9.17, 15) is 27.2 Å². The zero-order chi connectivity index (χ0) is 37.6. The van der Waals surface area contributed by atoms with Gasteiger partial charge >= 0.3 is 6.18 Å². The maximum atomic E-state index is 14.6. The number of nitrogens with two attached hydrogens (primary N) is 1. The van der Waals surface area contributed by atoms with E-state index in [2.05, 4.69) is 37.5 Å². The van der Waals surface area contributed by atoms with Crippen molar-refractivity contribution in [3.63, 3.8) is 0 Å². The van der Waals surface area contributed by atoms with Crippen molar-refractivity contribution in [3.05, 3.63) is 102 Å². The Bertz CT molecular complexity index is 1920. The average molecular weight is 723 g/mol. The van der Waals surface area contributed by atoms with Gasteiger partial charge in [0.25, 0.3) is 0 Å². The molecule has 0 bridgehead atoms. The van der Waals surface area contributed by atoms with Crippen LogP contribution in [0.2, 0.25) is 0 Å². The van der Waals surface area contributed by atoms with Crippen molar-refractivity contribution in [3.8, 4) is 0 Å². The predicted octanol–water partition coefficient (Wildman–Crippen LogP) is 5.58. The van der Waals surface area contributed by atoms with Gasteiger partial charge in [0.05, 0.1) is 35.9 Å². The van der Waals surface area contributed by atoms with Crippen LogP contribution in [0.1, 0.15) is 62.4 Å². The van der Waals surface area contributed by atoms with E-state index < -0.39 is 47.0 Å². The maximum absolute atomic E-state index is 14.6. The fourth-order valence-corrected chi connectivity index (χ4v) is 6.68. The molecule has 10 nitrogen and oxygen atoms in total. The highest BCUT2D eigenvalue weighted by molar-refractivity contribution is 5.96. The molecule has 0 radical (unpaired) electrons. The number of rotatable bonds is 15. The zero-order valence-corrected chi connectivity index (χ0v) is 29.6. The van der Waals surface area contributed by atoms with Crippen LogP contribution < -0.4 is 21.7 Å². The fraction of sp³-hybridized carbons (Fsp3) is 0.421. The van der Waals surface area contributed by atoms with Gasteiger partial charge in [-0.15, -0.1) is 0 Å². The smallest absolute Gasteiger partial charge is 0.386 e. The third-order valence-corrected chi connectivity index (χ3v) is 9.91. The number of fused-ring (bicyclic) bond motifs is 3. The molecule has 0 saturated heterocycles. The summed E-state index contributed by atoms with van der Waals surface area (Å²) in [6.07, 6.45) is 2.37. The molecule has 1 aliphatic rings. The van der Waals surface area contributed by atoms with E-state index in [-0.39, 0.29) is 48.5 Å². The number of para-hydroxylation sites is 1. The first-order valence-electron chi connectivity index (χ1n) is 17.5. The summed E-state index contributed by atoms with van der Waals surface area (Å²) in [5.41, 5.74) is 6.07. The number of amidine groups is 1.